The molecule has 3 heterocycles. The van der Waals surface area contributed by atoms with E-state index in [-0.39, 0.29) is 0 Å². The molecule has 0 spiro atoms. The monoisotopic (exact) mass is 433 g/mol. The van der Waals surface area contributed by atoms with Crippen molar-refractivity contribution < 1.29 is 0 Å². The van der Waals surface area contributed by atoms with Crippen LogP contribution in [0.4, 0.5) is 5.82 Å². The lowest BCUT2D eigenvalue weighted by Crippen LogP contribution is -2.06. The summed E-state index contributed by atoms with van der Waals surface area (Å²) in [7, 11) is 0. The van der Waals surface area contributed by atoms with Crippen molar-refractivity contribution in [1.82, 2.24) is 19.9 Å². The van der Waals surface area contributed by atoms with Crippen LogP contribution < -0.4 is 5.32 Å². The third-order valence-corrected chi connectivity index (χ3v) is 5.61. The summed E-state index contributed by atoms with van der Waals surface area (Å²) in [5.41, 5.74) is 4.22. The molecule has 0 bridgehead atoms. The van der Waals surface area contributed by atoms with Gasteiger partial charge in [-0.2, -0.15) is 0 Å². The zero-order chi connectivity index (χ0) is 20.7. The van der Waals surface area contributed by atoms with Gasteiger partial charge in [-0.3, -0.25) is 0 Å². The van der Waals surface area contributed by atoms with Crippen LogP contribution in [0.3, 0.4) is 0 Å². The molecule has 7 heteroatoms. The summed E-state index contributed by atoms with van der Waals surface area (Å²) in [6.45, 7) is 2.40. The Balaban J connectivity index is 1.63. The highest BCUT2D eigenvalue weighted by Crippen LogP contribution is 2.33. The molecule has 5 rings (SSSR count). The second kappa shape index (κ2) is 7.59. The van der Waals surface area contributed by atoms with Crippen LogP contribution in [0, 0.1) is 6.92 Å². The normalized spacial score (nSPS) is 11.3. The molecule has 0 aliphatic rings. The number of halogens is 2. The summed E-state index contributed by atoms with van der Waals surface area (Å²) in [4.78, 5) is 17.0. The Bertz CT molecular complexity index is 1390. The molecule has 2 N–H and O–H groups in total. The number of hydrogen-bond acceptors (Lipinski definition) is 4. The van der Waals surface area contributed by atoms with Crippen LogP contribution in [0.2, 0.25) is 10.0 Å². The van der Waals surface area contributed by atoms with Gasteiger partial charge in [-0.05, 0) is 36.8 Å². The zero-order valence-corrected chi connectivity index (χ0v) is 17.6. The van der Waals surface area contributed by atoms with Crippen molar-refractivity contribution in [2.75, 3.05) is 5.32 Å². The largest absolute Gasteiger partial charge is 0.365 e. The fourth-order valence-corrected chi connectivity index (χ4v) is 4.04. The van der Waals surface area contributed by atoms with E-state index in [9.17, 15) is 0 Å². The Morgan fingerprint density at radius 2 is 1.77 bits per heavy atom. The quantitative estimate of drug-likeness (QED) is 0.344. The first-order valence-electron chi connectivity index (χ1n) is 9.49. The van der Waals surface area contributed by atoms with Gasteiger partial charge in [0.2, 0.25) is 0 Å². The minimum Gasteiger partial charge on any atom is -0.365 e. The van der Waals surface area contributed by atoms with Crippen LogP contribution in [-0.2, 0) is 6.54 Å². The number of rotatable bonds is 4. The average Bonchev–Trinajstić information content (AvgIpc) is 3.21. The van der Waals surface area contributed by atoms with Gasteiger partial charge in [0.15, 0.2) is 0 Å². The second-order valence-corrected chi connectivity index (χ2v) is 7.81. The number of aryl methyl sites for hydroxylation is 1. The van der Waals surface area contributed by atoms with E-state index in [1.54, 1.807) is 0 Å². The summed E-state index contributed by atoms with van der Waals surface area (Å²) in [6, 6.07) is 17.5. The van der Waals surface area contributed by atoms with Crippen LogP contribution in [0.1, 0.15) is 11.4 Å². The third kappa shape index (κ3) is 3.36. The van der Waals surface area contributed by atoms with Gasteiger partial charge >= 0.3 is 0 Å². The molecule has 0 saturated carbocycles. The highest BCUT2D eigenvalue weighted by atomic mass is 35.5. The molecule has 0 radical (unpaired) electrons. The number of H-pyrrole nitrogens is 1. The van der Waals surface area contributed by atoms with Crippen LogP contribution in [-0.4, -0.2) is 19.9 Å². The van der Waals surface area contributed by atoms with Crippen molar-refractivity contribution in [3.63, 3.8) is 0 Å². The molecule has 3 aromatic heterocycles. The van der Waals surface area contributed by atoms with Gasteiger partial charge in [-0.25, -0.2) is 15.0 Å². The van der Waals surface area contributed by atoms with Gasteiger partial charge in [0.25, 0.3) is 0 Å². The Hall–Kier alpha value is -3.15. The van der Waals surface area contributed by atoms with Crippen LogP contribution >= 0.6 is 23.2 Å². The molecular formula is C23H17Cl2N5. The molecule has 5 aromatic rings. The lowest BCUT2D eigenvalue weighted by Gasteiger charge is -2.14. The molecule has 30 heavy (non-hydrogen) atoms. The van der Waals surface area contributed by atoms with E-state index < -0.39 is 0 Å². The minimum absolute atomic E-state index is 0.521. The summed E-state index contributed by atoms with van der Waals surface area (Å²) < 4.78 is 0. The molecular weight excluding hydrogens is 417 g/mol. The SMILES string of the molecule is Cc1nc(NCc2cc3cccc(Cl)c3nc2-c2ccccc2Cl)c2cc[nH]c2n1. The molecule has 148 valence electrons. The highest BCUT2D eigenvalue weighted by Gasteiger charge is 2.15. The van der Waals surface area contributed by atoms with Crippen molar-refractivity contribution in [2.45, 2.75) is 13.5 Å². The first kappa shape index (κ1) is 18.9. The Morgan fingerprint density at radius 3 is 2.63 bits per heavy atom. The number of anilines is 1. The first-order chi connectivity index (χ1) is 14.6. The van der Waals surface area contributed by atoms with Crippen molar-refractivity contribution in [3.8, 4) is 11.3 Å². The predicted molar refractivity (Wildman–Crippen MR) is 123 cm³/mol. The first-order valence-corrected chi connectivity index (χ1v) is 10.2. The van der Waals surface area contributed by atoms with Crippen LogP contribution in [0.25, 0.3) is 33.2 Å². The number of hydrogen-bond donors (Lipinski definition) is 2. The molecule has 0 saturated heterocycles. The van der Waals surface area contributed by atoms with Crippen LogP contribution in [0.5, 0.6) is 0 Å². The zero-order valence-electron chi connectivity index (χ0n) is 16.1. The van der Waals surface area contributed by atoms with Crippen molar-refractivity contribution in [3.05, 3.63) is 82.2 Å². The molecule has 2 aromatic carbocycles. The maximum Gasteiger partial charge on any atom is 0.143 e. The number of para-hydroxylation sites is 1. The van der Waals surface area contributed by atoms with Gasteiger partial charge in [0, 0.05) is 28.7 Å². The van der Waals surface area contributed by atoms with Gasteiger partial charge in [-0.15, -0.1) is 0 Å². The highest BCUT2D eigenvalue weighted by molar-refractivity contribution is 6.35. The standard InChI is InChI=1S/C23H17Cl2N5/c1-13-28-22-17(9-10-26-22)23(29-13)27-12-15-11-14-5-4-8-19(25)21(14)30-20(15)16-6-2-3-7-18(16)24/h2-11H,12H2,1H3,(H2,26,27,28,29). The molecule has 0 amide bonds. The van der Waals surface area contributed by atoms with Gasteiger partial charge < -0.3 is 10.3 Å². The van der Waals surface area contributed by atoms with E-state index in [2.05, 4.69) is 26.3 Å². The Kier molecular flexibility index (Phi) is 4.77. The summed E-state index contributed by atoms with van der Waals surface area (Å²) in [5, 5.41) is 6.62. The maximum absolute atomic E-state index is 6.50. The van der Waals surface area contributed by atoms with E-state index in [1.165, 1.54) is 0 Å². The van der Waals surface area contributed by atoms with Gasteiger partial charge in [-0.1, -0.05) is 53.5 Å². The van der Waals surface area contributed by atoms with Crippen molar-refractivity contribution in [1.29, 1.82) is 0 Å². The molecule has 0 aliphatic carbocycles. The van der Waals surface area contributed by atoms with E-state index in [1.807, 2.05) is 61.7 Å². The van der Waals surface area contributed by atoms with Crippen molar-refractivity contribution in [2.24, 2.45) is 0 Å². The lowest BCUT2D eigenvalue weighted by molar-refractivity contribution is 1.04. The fraction of sp³-hybridized carbons (Fsp3) is 0.0870. The van der Waals surface area contributed by atoms with E-state index >= 15 is 0 Å². The number of benzene rings is 2. The Morgan fingerprint density at radius 1 is 0.933 bits per heavy atom. The van der Waals surface area contributed by atoms with E-state index in [4.69, 9.17) is 28.2 Å². The maximum atomic E-state index is 6.50. The van der Waals surface area contributed by atoms with Crippen molar-refractivity contribution >= 4 is 51.0 Å². The number of fused-ring (bicyclic) bond motifs is 2. The van der Waals surface area contributed by atoms with Crippen LogP contribution in [0.15, 0.2) is 60.8 Å². The number of pyridine rings is 1. The lowest BCUT2D eigenvalue weighted by atomic mass is 10.0. The number of aromatic nitrogens is 4. The third-order valence-electron chi connectivity index (χ3n) is 4.98. The topological polar surface area (TPSA) is 66.5 Å². The molecule has 0 atom stereocenters. The number of aromatic amines is 1. The molecule has 5 nitrogen and oxygen atoms in total. The molecule has 0 unspecified atom stereocenters. The smallest absolute Gasteiger partial charge is 0.143 e. The summed E-state index contributed by atoms with van der Waals surface area (Å²) in [5.74, 6) is 1.47. The number of nitrogens with zero attached hydrogens (tertiary/aromatic N) is 3. The van der Waals surface area contributed by atoms with Gasteiger partial charge in [0.05, 0.1) is 21.6 Å². The summed E-state index contributed by atoms with van der Waals surface area (Å²) in [6.07, 6.45) is 1.86. The minimum atomic E-state index is 0.521. The molecule has 0 fully saturated rings. The fourth-order valence-electron chi connectivity index (χ4n) is 3.59. The van der Waals surface area contributed by atoms with Gasteiger partial charge in [0.1, 0.15) is 17.3 Å². The predicted octanol–water partition coefficient (Wildman–Crippen LogP) is 6.40. The van der Waals surface area contributed by atoms with E-state index in [0.717, 1.165) is 44.6 Å². The van der Waals surface area contributed by atoms with E-state index in [0.29, 0.717) is 22.4 Å². The Labute approximate surface area is 183 Å². The average molecular weight is 434 g/mol. The second-order valence-electron chi connectivity index (χ2n) is 7.00. The summed E-state index contributed by atoms with van der Waals surface area (Å²) >= 11 is 12.9. The molecule has 0 aliphatic heterocycles. The number of nitrogens with one attached hydrogen (secondary N) is 2.